The van der Waals surface area contributed by atoms with Gasteiger partial charge in [-0.2, -0.15) is 0 Å². The van der Waals surface area contributed by atoms with Crippen LogP contribution in [0.25, 0.3) is 0 Å². The molecule has 2 atom stereocenters. The van der Waals surface area contributed by atoms with Crippen molar-refractivity contribution in [3.63, 3.8) is 0 Å². The number of morpholine rings is 1. The molecule has 2 N–H and O–H groups in total. The van der Waals surface area contributed by atoms with E-state index < -0.39 is 0 Å². The fourth-order valence-electron chi connectivity index (χ4n) is 1.49. The summed E-state index contributed by atoms with van der Waals surface area (Å²) in [7, 11) is 0. The van der Waals surface area contributed by atoms with E-state index in [1.807, 2.05) is 0 Å². The Morgan fingerprint density at radius 3 is 3.00 bits per heavy atom. The van der Waals surface area contributed by atoms with E-state index in [0.29, 0.717) is 12.1 Å². The summed E-state index contributed by atoms with van der Waals surface area (Å²) in [4.78, 5) is 0. The smallest absolute Gasteiger partial charge is 0.0865 e. The first-order valence-corrected chi connectivity index (χ1v) is 3.52. The average molecular weight is 165 g/mol. The van der Waals surface area contributed by atoms with Gasteiger partial charge in [0.05, 0.1) is 12.7 Å². The summed E-state index contributed by atoms with van der Waals surface area (Å²) in [6, 6.07) is 0.582. The first-order chi connectivity index (χ1) is 4.47. The second kappa shape index (κ2) is 3.53. The minimum atomic E-state index is 0. The van der Waals surface area contributed by atoms with Gasteiger partial charge < -0.3 is 15.4 Å². The molecule has 2 rings (SSSR count). The van der Waals surface area contributed by atoms with E-state index in [2.05, 4.69) is 10.6 Å². The van der Waals surface area contributed by atoms with Crippen molar-refractivity contribution in [1.82, 2.24) is 10.6 Å². The third kappa shape index (κ3) is 1.42. The lowest BCUT2D eigenvalue weighted by Crippen LogP contribution is -2.47. The van der Waals surface area contributed by atoms with Gasteiger partial charge in [0, 0.05) is 25.7 Å². The van der Waals surface area contributed by atoms with Gasteiger partial charge in [-0.05, 0) is 0 Å². The predicted molar refractivity (Wildman–Crippen MR) is 41.6 cm³/mol. The predicted octanol–water partition coefficient (Wildman–Crippen LogP) is -0.632. The maximum Gasteiger partial charge on any atom is 0.0865 e. The van der Waals surface area contributed by atoms with Crippen molar-refractivity contribution in [3.8, 4) is 0 Å². The summed E-state index contributed by atoms with van der Waals surface area (Å²) in [6.07, 6.45) is 0.443. The molecule has 60 valence electrons. The average Bonchev–Trinajstić information content (AvgIpc) is 2.33. The molecule has 2 heterocycles. The summed E-state index contributed by atoms with van der Waals surface area (Å²) in [5.41, 5.74) is 0. The highest BCUT2D eigenvalue weighted by Crippen LogP contribution is 2.07. The van der Waals surface area contributed by atoms with Gasteiger partial charge in [0.15, 0.2) is 0 Å². The second-order valence-electron chi connectivity index (χ2n) is 2.63. The summed E-state index contributed by atoms with van der Waals surface area (Å²) in [6.45, 7) is 3.99. The Balaban J connectivity index is 0.000000500. The Morgan fingerprint density at radius 2 is 2.20 bits per heavy atom. The molecule has 10 heavy (non-hydrogen) atoms. The number of hydrogen-bond acceptors (Lipinski definition) is 3. The van der Waals surface area contributed by atoms with E-state index in [1.54, 1.807) is 0 Å². The summed E-state index contributed by atoms with van der Waals surface area (Å²) >= 11 is 0. The Hall–Kier alpha value is 0.170. The van der Waals surface area contributed by atoms with Crippen LogP contribution in [0.4, 0.5) is 0 Å². The zero-order chi connectivity index (χ0) is 6.10. The molecule has 0 aromatic rings. The van der Waals surface area contributed by atoms with Crippen molar-refractivity contribution < 1.29 is 4.74 Å². The molecule has 4 heteroatoms. The van der Waals surface area contributed by atoms with Crippen molar-refractivity contribution in [2.24, 2.45) is 0 Å². The highest BCUT2D eigenvalue weighted by atomic mass is 35.5. The van der Waals surface area contributed by atoms with Gasteiger partial charge in [-0.15, -0.1) is 12.4 Å². The van der Waals surface area contributed by atoms with Crippen LogP contribution >= 0.6 is 12.4 Å². The lowest BCUT2D eigenvalue weighted by atomic mass is 10.2. The van der Waals surface area contributed by atoms with Gasteiger partial charge in [0.25, 0.3) is 0 Å². The number of ether oxygens (including phenoxy) is 1. The number of hydrogen-bond donors (Lipinski definition) is 2. The highest BCUT2D eigenvalue weighted by Gasteiger charge is 2.29. The SMILES string of the molecule is C1CO[C@H]2CNC[C@@H]2N1.Cl. The van der Waals surface area contributed by atoms with Crippen LogP contribution in [0.15, 0.2) is 0 Å². The first-order valence-electron chi connectivity index (χ1n) is 3.52. The fraction of sp³-hybridized carbons (Fsp3) is 1.00. The largest absolute Gasteiger partial charge is 0.374 e. The van der Waals surface area contributed by atoms with E-state index in [-0.39, 0.29) is 12.4 Å². The standard InChI is InChI=1S/C6H12N2O.ClH/c1-2-9-6-4-7-3-5(6)8-1;/h5-8H,1-4H2;1H/t5-,6-;/m0./s1. The Labute approximate surface area is 66.9 Å². The quantitative estimate of drug-likeness (QED) is 0.500. The van der Waals surface area contributed by atoms with Crippen molar-refractivity contribution in [2.75, 3.05) is 26.2 Å². The number of rotatable bonds is 0. The van der Waals surface area contributed by atoms with Crippen LogP contribution in [0, 0.1) is 0 Å². The van der Waals surface area contributed by atoms with Gasteiger partial charge in [0.2, 0.25) is 0 Å². The molecule has 2 aliphatic rings. The Bertz CT molecular complexity index is 99.9. The topological polar surface area (TPSA) is 33.3 Å². The third-order valence-electron chi connectivity index (χ3n) is 2.00. The highest BCUT2D eigenvalue weighted by molar-refractivity contribution is 5.85. The van der Waals surface area contributed by atoms with Crippen LogP contribution in [0.5, 0.6) is 0 Å². The van der Waals surface area contributed by atoms with Crippen LogP contribution in [-0.2, 0) is 4.74 Å². The molecule has 2 fully saturated rings. The maximum absolute atomic E-state index is 5.48. The van der Waals surface area contributed by atoms with Crippen molar-refractivity contribution in [2.45, 2.75) is 12.1 Å². The van der Waals surface area contributed by atoms with Crippen molar-refractivity contribution >= 4 is 12.4 Å². The lowest BCUT2D eigenvalue weighted by Gasteiger charge is -2.25. The third-order valence-corrected chi connectivity index (χ3v) is 2.00. The molecular formula is C6H13ClN2O. The maximum atomic E-state index is 5.48. The number of fused-ring (bicyclic) bond motifs is 1. The van der Waals surface area contributed by atoms with Gasteiger partial charge in [-0.3, -0.25) is 0 Å². The lowest BCUT2D eigenvalue weighted by molar-refractivity contribution is 0.0207. The summed E-state index contributed by atoms with van der Waals surface area (Å²) in [5.74, 6) is 0. The Morgan fingerprint density at radius 1 is 1.30 bits per heavy atom. The van der Waals surface area contributed by atoms with E-state index in [1.165, 1.54) is 0 Å². The molecule has 0 aromatic heterocycles. The molecule has 0 saturated carbocycles. The zero-order valence-electron chi connectivity index (χ0n) is 5.80. The molecule has 0 spiro atoms. The van der Waals surface area contributed by atoms with Crippen molar-refractivity contribution in [3.05, 3.63) is 0 Å². The van der Waals surface area contributed by atoms with Crippen LogP contribution in [0.3, 0.4) is 0 Å². The number of halogens is 1. The summed E-state index contributed by atoms with van der Waals surface area (Å²) in [5, 5.41) is 6.67. The van der Waals surface area contributed by atoms with Crippen molar-refractivity contribution in [1.29, 1.82) is 0 Å². The van der Waals surface area contributed by atoms with E-state index in [9.17, 15) is 0 Å². The van der Waals surface area contributed by atoms with Crippen LogP contribution < -0.4 is 10.6 Å². The monoisotopic (exact) mass is 164 g/mol. The summed E-state index contributed by atoms with van der Waals surface area (Å²) < 4.78 is 5.48. The molecule has 3 nitrogen and oxygen atoms in total. The van der Waals surface area contributed by atoms with Crippen LogP contribution in [-0.4, -0.2) is 38.4 Å². The molecule has 0 bridgehead atoms. The fourth-order valence-corrected chi connectivity index (χ4v) is 1.49. The molecule has 0 amide bonds. The van der Waals surface area contributed by atoms with Gasteiger partial charge in [-0.25, -0.2) is 0 Å². The molecule has 0 aromatic carbocycles. The van der Waals surface area contributed by atoms with E-state index in [4.69, 9.17) is 4.74 Å². The van der Waals surface area contributed by atoms with E-state index >= 15 is 0 Å². The van der Waals surface area contributed by atoms with Gasteiger partial charge in [0.1, 0.15) is 0 Å². The van der Waals surface area contributed by atoms with Crippen LogP contribution in [0.2, 0.25) is 0 Å². The normalized spacial score (nSPS) is 38.4. The van der Waals surface area contributed by atoms with Gasteiger partial charge in [-0.1, -0.05) is 0 Å². The molecule has 0 unspecified atom stereocenters. The number of nitrogens with one attached hydrogen (secondary N) is 2. The first kappa shape index (κ1) is 8.27. The molecule has 2 aliphatic heterocycles. The Kier molecular flexibility index (Phi) is 2.92. The molecular weight excluding hydrogens is 152 g/mol. The second-order valence-corrected chi connectivity index (χ2v) is 2.63. The molecule has 0 radical (unpaired) electrons. The minimum absolute atomic E-state index is 0. The van der Waals surface area contributed by atoms with Gasteiger partial charge >= 0.3 is 0 Å². The van der Waals surface area contributed by atoms with Crippen LogP contribution in [0.1, 0.15) is 0 Å². The minimum Gasteiger partial charge on any atom is -0.374 e. The van der Waals surface area contributed by atoms with E-state index in [0.717, 1.165) is 26.2 Å². The molecule has 2 saturated heterocycles. The zero-order valence-corrected chi connectivity index (χ0v) is 6.62. The molecule has 0 aliphatic carbocycles.